The van der Waals surface area contributed by atoms with Crippen LogP contribution in [0.5, 0.6) is 0 Å². The van der Waals surface area contributed by atoms with Crippen LogP contribution >= 0.6 is 22.6 Å². The van der Waals surface area contributed by atoms with Gasteiger partial charge in [-0.2, -0.15) is 0 Å². The molecular weight excluding hydrogens is 272 g/mol. The van der Waals surface area contributed by atoms with Crippen molar-refractivity contribution in [2.24, 2.45) is 5.73 Å². The summed E-state index contributed by atoms with van der Waals surface area (Å²) in [5, 5.41) is 0. The summed E-state index contributed by atoms with van der Waals surface area (Å²) in [6.07, 6.45) is 0. The summed E-state index contributed by atoms with van der Waals surface area (Å²) in [6, 6.07) is 2.72. The first kappa shape index (κ1) is 9.44. The zero-order chi connectivity index (χ0) is 9.30. The second kappa shape index (κ2) is 3.38. The first-order chi connectivity index (χ1) is 5.52. The molecule has 1 aromatic rings. The van der Waals surface area contributed by atoms with Gasteiger partial charge >= 0.3 is 0 Å². The summed E-state index contributed by atoms with van der Waals surface area (Å²) in [7, 11) is 0. The largest absolute Gasteiger partial charge is 0.366 e. The van der Waals surface area contributed by atoms with Crippen molar-refractivity contribution in [2.75, 3.05) is 0 Å². The maximum atomic E-state index is 13.0. The number of carbonyl (C=O) groups excluding carboxylic acids is 1. The minimum Gasteiger partial charge on any atom is -0.366 e. The molecule has 0 aromatic heterocycles. The van der Waals surface area contributed by atoms with Crippen molar-refractivity contribution >= 4 is 28.5 Å². The number of hydrogen-bond donors (Lipinski definition) is 1. The predicted molar refractivity (Wildman–Crippen MR) is 52.4 cm³/mol. The van der Waals surface area contributed by atoms with Crippen molar-refractivity contribution in [3.05, 3.63) is 32.6 Å². The molecule has 1 aromatic carbocycles. The predicted octanol–water partition coefficient (Wildman–Crippen LogP) is 1.84. The molecule has 2 N–H and O–H groups in total. The van der Waals surface area contributed by atoms with Gasteiger partial charge in [0.25, 0.3) is 0 Å². The number of primary amides is 1. The van der Waals surface area contributed by atoms with Gasteiger partial charge < -0.3 is 5.73 Å². The molecule has 2 nitrogen and oxygen atoms in total. The van der Waals surface area contributed by atoms with Gasteiger partial charge in [0.1, 0.15) is 5.82 Å². The molecule has 0 saturated heterocycles. The van der Waals surface area contributed by atoms with E-state index in [2.05, 4.69) is 0 Å². The number of amides is 1. The summed E-state index contributed by atoms with van der Waals surface area (Å²) < 4.78 is 13.7. The van der Waals surface area contributed by atoms with E-state index >= 15 is 0 Å². The van der Waals surface area contributed by atoms with E-state index in [1.165, 1.54) is 0 Å². The molecule has 1 amide bonds. The Labute approximate surface area is 83.1 Å². The fourth-order valence-electron chi connectivity index (χ4n) is 0.788. The van der Waals surface area contributed by atoms with E-state index in [4.69, 9.17) is 5.73 Å². The second-order valence-electron chi connectivity index (χ2n) is 2.43. The van der Waals surface area contributed by atoms with Gasteiger partial charge in [0.15, 0.2) is 0 Å². The minimum absolute atomic E-state index is 0.211. The third-order valence-electron chi connectivity index (χ3n) is 1.57. The van der Waals surface area contributed by atoms with Gasteiger partial charge in [-0.25, -0.2) is 4.39 Å². The lowest BCUT2D eigenvalue weighted by Crippen LogP contribution is -2.11. The Hall–Kier alpha value is -0.650. The molecule has 12 heavy (non-hydrogen) atoms. The van der Waals surface area contributed by atoms with Crippen molar-refractivity contribution in [3.63, 3.8) is 0 Å². The molecule has 0 bridgehead atoms. The Morgan fingerprint density at radius 1 is 1.58 bits per heavy atom. The topological polar surface area (TPSA) is 43.1 Å². The highest BCUT2D eigenvalue weighted by Gasteiger charge is 2.07. The molecule has 1 rings (SSSR count). The lowest BCUT2D eigenvalue weighted by Gasteiger charge is -2.01. The smallest absolute Gasteiger partial charge is 0.248 e. The SMILES string of the molecule is Cc1c(F)cc(C(N)=O)cc1I. The molecule has 0 aliphatic heterocycles. The van der Waals surface area contributed by atoms with Gasteiger partial charge in [-0.15, -0.1) is 0 Å². The van der Waals surface area contributed by atoms with Crippen molar-refractivity contribution in [3.8, 4) is 0 Å². The Morgan fingerprint density at radius 2 is 2.17 bits per heavy atom. The number of halogens is 2. The fraction of sp³-hybridized carbons (Fsp3) is 0.125. The molecule has 0 saturated carbocycles. The van der Waals surface area contributed by atoms with Crippen LogP contribution in [-0.2, 0) is 0 Å². The van der Waals surface area contributed by atoms with E-state index in [0.29, 0.717) is 9.13 Å². The summed E-state index contributed by atoms with van der Waals surface area (Å²) in [5.74, 6) is -0.998. The number of carbonyl (C=O) groups is 1. The van der Waals surface area contributed by atoms with Crippen molar-refractivity contribution in [2.45, 2.75) is 6.92 Å². The molecule has 0 aliphatic carbocycles. The maximum absolute atomic E-state index is 13.0. The first-order valence-corrected chi connectivity index (χ1v) is 4.35. The molecule has 0 unspecified atom stereocenters. The molecule has 0 spiro atoms. The average Bonchev–Trinajstić information content (AvgIpc) is 1.99. The lowest BCUT2D eigenvalue weighted by molar-refractivity contribution is 0.1000. The monoisotopic (exact) mass is 279 g/mol. The van der Waals surface area contributed by atoms with Crippen LogP contribution in [0.3, 0.4) is 0 Å². The Balaban J connectivity index is 3.31. The third-order valence-corrected chi connectivity index (χ3v) is 2.69. The van der Waals surface area contributed by atoms with E-state index < -0.39 is 11.7 Å². The number of benzene rings is 1. The zero-order valence-electron chi connectivity index (χ0n) is 6.40. The number of rotatable bonds is 1. The van der Waals surface area contributed by atoms with Crippen molar-refractivity contribution in [1.29, 1.82) is 0 Å². The van der Waals surface area contributed by atoms with Crippen LogP contribution in [0, 0.1) is 16.3 Å². The molecule has 4 heteroatoms. The maximum Gasteiger partial charge on any atom is 0.248 e. The Bertz CT molecular complexity index is 315. The average molecular weight is 279 g/mol. The number of hydrogen-bond acceptors (Lipinski definition) is 1. The summed E-state index contributed by atoms with van der Waals surface area (Å²) in [5.41, 5.74) is 5.75. The summed E-state index contributed by atoms with van der Waals surface area (Å²) >= 11 is 1.96. The van der Waals surface area contributed by atoms with Crippen molar-refractivity contribution in [1.82, 2.24) is 0 Å². The van der Waals surface area contributed by atoms with Crippen molar-refractivity contribution < 1.29 is 9.18 Å². The standard InChI is InChI=1S/C8H7FINO/c1-4-6(9)2-5(8(11)12)3-7(4)10/h2-3H,1H3,(H2,11,12). The van der Waals surface area contributed by atoms with E-state index in [1.807, 2.05) is 22.6 Å². The second-order valence-corrected chi connectivity index (χ2v) is 3.59. The minimum atomic E-state index is -0.605. The first-order valence-electron chi connectivity index (χ1n) is 3.28. The van der Waals surface area contributed by atoms with Crippen LogP contribution in [0.1, 0.15) is 15.9 Å². The quantitative estimate of drug-likeness (QED) is 0.783. The molecular formula is C8H7FINO. The van der Waals surface area contributed by atoms with Gasteiger partial charge in [-0.1, -0.05) is 0 Å². The Morgan fingerprint density at radius 3 is 2.58 bits per heavy atom. The summed E-state index contributed by atoms with van der Waals surface area (Å²) in [4.78, 5) is 10.7. The van der Waals surface area contributed by atoms with Gasteiger partial charge in [0.2, 0.25) is 5.91 Å². The highest BCUT2D eigenvalue weighted by molar-refractivity contribution is 14.1. The molecule has 0 radical (unpaired) electrons. The van der Waals surface area contributed by atoms with Crippen LogP contribution in [0.4, 0.5) is 4.39 Å². The highest BCUT2D eigenvalue weighted by Crippen LogP contribution is 2.17. The summed E-state index contributed by atoms with van der Waals surface area (Å²) in [6.45, 7) is 1.65. The van der Waals surface area contributed by atoms with Gasteiger partial charge in [-0.3, -0.25) is 4.79 Å². The number of nitrogens with two attached hydrogens (primary N) is 1. The molecule has 64 valence electrons. The lowest BCUT2D eigenvalue weighted by atomic mass is 10.1. The van der Waals surface area contributed by atoms with Crippen LogP contribution in [0.2, 0.25) is 0 Å². The van der Waals surface area contributed by atoms with Gasteiger partial charge in [-0.05, 0) is 47.2 Å². The van der Waals surface area contributed by atoms with E-state index in [9.17, 15) is 9.18 Å². The normalized spacial score (nSPS) is 9.92. The van der Waals surface area contributed by atoms with Crippen LogP contribution in [0.15, 0.2) is 12.1 Å². The Kier molecular flexibility index (Phi) is 2.66. The van der Waals surface area contributed by atoms with Crippen LogP contribution < -0.4 is 5.73 Å². The molecule has 0 atom stereocenters. The molecule has 0 heterocycles. The van der Waals surface area contributed by atoms with Gasteiger partial charge in [0.05, 0.1) is 0 Å². The van der Waals surface area contributed by atoms with E-state index in [1.54, 1.807) is 13.0 Å². The third kappa shape index (κ3) is 1.74. The molecule has 0 aliphatic rings. The van der Waals surface area contributed by atoms with E-state index in [-0.39, 0.29) is 5.56 Å². The zero-order valence-corrected chi connectivity index (χ0v) is 8.55. The molecule has 0 fully saturated rings. The van der Waals surface area contributed by atoms with Gasteiger partial charge in [0, 0.05) is 9.13 Å². The van der Waals surface area contributed by atoms with E-state index in [0.717, 1.165) is 6.07 Å². The van der Waals surface area contributed by atoms with Crippen LogP contribution in [-0.4, -0.2) is 5.91 Å². The van der Waals surface area contributed by atoms with Crippen LogP contribution in [0.25, 0.3) is 0 Å². The highest BCUT2D eigenvalue weighted by atomic mass is 127. The fourth-order valence-corrected chi connectivity index (χ4v) is 1.38.